The van der Waals surface area contributed by atoms with Gasteiger partial charge in [0, 0.05) is 25.4 Å². The minimum absolute atomic E-state index is 0.242. The largest absolute Gasteiger partial charge is 0.480 e. The summed E-state index contributed by atoms with van der Waals surface area (Å²) >= 11 is 0. The van der Waals surface area contributed by atoms with Crippen LogP contribution in [0.3, 0.4) is 0 Å². The summed E-state index contributed by atoms with van der Waals surface area (Å²) in [4.78, 5) is 22.7. The van der Waals surface area contributed by atoms with Gasteiger partial charge in [-0.3, -0.25) is 4.79 Å². The lowest BCUT2D eigenvalue weighted by Crippen LogP contribution is -2.41. The molecule has 0 unspecified atom stereocenters. The summed E-state index contributed by atoms with van der Waals surface area (Å²) in [6.45, 7) is 1.09. The third-order valence-corrected chi connectivity index (χ3v) is 2.84. The molecule has 6 heteroatoms. The number of unbranched alkanes of at least 4 members (excludes halogenated alkanes) is 1. The van der Waals surface area contributed by atoms with Crippen molar-refractivity contribution in [2.75, 3.05) is 6.54 Å². The number of aromatic nitrogens is 1. The molecule has 1 amide bonds. The molecular weight excluding hydrogens is 246 g/mol. The smallest absolute Gasteiger partial charge is 0.326 e. The Morgan fingerprint density at radius 1 is 1.26 bits per heavy atom. The summed E-state index contributed by atoms with van der Waals surface area (Å²) in [6, 6.07) is 2.94. The molecule has 19 heavy (non-hydrogen) atoms. The van der Waals surface area contributed by atoms with Crippen LogP contribution in [0.25, 0.3) is 0 Å². The van der Waals surface area contributed by atoms with E-state index in [1.165, 1.54) is 0 Å². The van der Waals surface area contributed by atoms with Crippen molar-refractivity contribution < 1.29 is 14.7 Å². The summed E-state index contributed by atoms with van der Waals surface area (Å²) in [6.07, 6.45) is 5.89. The number of carboxylic acids is 1. The number of carbonyl (C=O) groups excluding carboxylic acids is 1. The first-order valence-corrected chi connectivity index (χ1v) is 6.46. The molecule has 0 saturated heterocycles. The van der Waals surface area contributed by atoms with Crippen molar-refractivity contribution in [1.82, 2.24) is 9.88 Å². The highest BCUT2D eigenvalue weighted by Crippen LogP contribution is 2.02. The monoisotopic (exact) mass is 267 g/mol. The van der Waals surface area contributed by atoms with E-state index in [-0.39, 0.29) is 12.3 Å². The zero-order valence-corrected chi connectivity index (χ0v) is 10.9. The predicted octanol–water partition coefficient (Wildman–Crippen LogP) is 0.577. The van der Waals surface area contributed by atoms with Gasteiger partial charge in [0.1, 0.15) is 6.04 Å². The number of nitrogens with two attached hydrogens (primary N) is 1. The van der Waals surface area contributed by atoms with E-state index in [1.54, 1.807) is 0 Å². The number of carbonyl (C=O) groups is 2. The maximum atomic E-state index is 11.7. The number of aliphatic carboxylic acids is 1. The van der Waals surface area contributed by atoms with Gasteiger partial charge in [-0.2, -0.15) is 0 Å². The lowest BCUT2D eigenvalue weighted by Gasteiger charge is -2.14. The Kier molecular flexibility index (Phi) is 6.67. The van der Waals surface area contributed by atoms with Crippen LogP contribution in [0.1, 0.15) is 25.7 Å². The van der Waals surface area contributed by atoms with E-state index >= 15 is 0 Å². The van der Waals surface area contributed by atoms with Gasteiger partial charge in [-0.15, -0.1) is 0 Å². The summed E-state index contributed by atoms with van der Waals surface area (Å²) in [5.41, 5.74) is 5.36. The zero-order chi connectivity index (χ0) is 14.1. The van der Waals surface area contributed by atoms with Gasteiger partial charge < -0.3 is 20.7 Å². The molecule has 0 aliphatic carbocycles. The van der Waals surface area contributed by atoms with Gasteiger partial charge in [0.25, 0.3) is 0 Å². The van der Waals surface area contributed by atoms with Gasteiger partial charge in [-0.25, -0.2) is 4.79 Å². The molecule has 6 nitrogen and oxygen atoms in total. The molecule has 0 spiro atoms. The number of hydrogen-bond acceptors (Lipinski definition) is 3. The molecular formula is C13H21N3O3. The lowest BCUT2D eigenvalue weighted by molar-refractivity contribution is -0.142. The SMILES string of the molecule is NCCCC[C@H](NC(=O)CCn1cccc1)C(=O)O. The summed E-state index contributed by atoms with van der Waals surface area (Å²) in [5, 5.41) is 11.6. The average Bonchev–Trinajstić information content (AvgIpc) is 2.88. The van der Waals surface area contributed by atoms with Crippen LogP contribution < -0.4 is 11.1 Å². The molecule has 0 radical (unpaired) electrons. The molecule has 0 aromatic carbocycles. The van der Waals surface area contributed by atoms with E-state index in [0.29, 0.717) is 25.9 Å². The first-order chi connectivity index (χ1) is 9.13. The van der Waals surface area contributed by atoms with Crippen molar-refractivity contribution in [3.05, 3.63) is 24.5 Å². The van der Waals surface area contributed by atoms with E-state index in [0.717, 1.165) is 6.42 Å². The lowest BCUT2D eigenvalue weighted by atomic mass is 10.1. The Morgan fingerprint density at radius 2 is 1.95 bits per heavy atom. The standard InChI is InChI=1S/C13H21N3O3/c14-7-2-1-5-11(13(18)19)15-12(17)6-10-16-8-3-4-9-16/h3-4,8-9,11H,1-2,5-7,10,14H2,(H,15,17)(H,18,19)/t11-/m0/s1. The molecule has 0 aliphatic rings. The van der Waals surface area contributed by atoms with Gasteiger partial charge >= 0.3 is 5.97 Å². The van der Waals surface area contributed by atoms with Crippen LogP contribution in [0.5, 0.6) is 0 Å². The van der Waals surface area contributed by atoms with E-state index in [4.69, 9.17) is 10.8 Å². The molecule has 1 atom stereocenters. The first kappa shape index (κ1) is 15.2. The van der Waals surface area contributed by atoms with E-state index in [2.05, 4.69) is 5.32 Å². The number of aryl methyl sites for hydroxylation is 1. The molecule has 0 aliphatic heterocycles. The number of amides is 1. The normalized spacial score (nSPS) is 12.1. The zero-order valence-electron chi connectivity index (χ0n) is 10.9. The second-order valence-electron chi connectivity index (χ2n) is 4.41. The van der Waals surface area contributed by atoms with Crippen LogP contribution in [-0.4, -0.2) is 34.1 Å². The van der Waals surface area contributed by atoms with Crippen LogP contribution in [0.15, 0.2) is 24.5 Å². The summed E-state index contributed by atoms with van der Waals surface area (Å²) in [7, 11) is 0. The van der Waals surface area contributed by atoms with Gasteiger partial charge in [-0.05, 0) is 37.9 Å². The molecule has 1 aromatic heterocycles. The number of carboxylic acid groups (broad SMARTS) is 1. The van der Waals surface area contributed by atoms with Gasteiger partial charge in [-0.1, -0.05) is 0 Å². The number of nitrogens with zero attached hydrogens (tertiary/aromatic N) is 1. The fourth-order valence-corrected chi connectivity index (χ4v) is 1.77. The Labute approximate surface area is 112 Å². The van der Waals surface area contributed by atoms with Crippen molar-refractivity contribution in [1.29, 1.82) is 0 Å². The van der Waals surface area contributed by atoms with Crippen LogP contribution in [0.4, 0.5) is 0 Å². The summed E-state index contributed by atoms with van der Waals surface area (Å²) < 4.78 is 1.88. The Balaban J connectivity index is 2.32. The minimum Gasteiger partial charge on any atom is -0.480 e. The average molecular weight is 267 g/mol. The number of rotatable bonds is 9. The van der Waals surface area contributed by atoms with Crippen molar-refractivity contribution in [3.8, 4) is 0 Å². The van der Waals surface area contributed by atoms with E-state index in [9.17, 15) is 9.59 Å². The van der Waals surface area contributed by atoms with Crippen LogP contribution in [0.2, 0.25) is 0 Å². The molecule has 0 fully saturated rings. The van der Waals surface area contributed by atoms with Crippen LogP contribution in [-0.2, 0) is 16.1 Å². The van der Waals surface area contributed by atoms with Crippen LogP contribution >= 0.6 is 0 Å². The second kappa shape index (κ2) is 8.31. The Morgan fingerprint density at radius 3 is 2.53 bits per heavy atom. The van der Waals surface area contributed by atoms with Crippen molar-refractivity contribution in [3.63, 3.8) is 0 Å². The molecule has 106 valence electrons. The number of nitrogens with one attached hydrogen (secondary N) is 1. The fourth-order valence-electron chi connectivity index (χ4n) is 1.77. The van der Waals surface area contributed by atoms with Crippen molar-refractivity contribution >= 4 is 11.9 Å². The number of hydrogen-bond donors (Lipinski definition) is 3. The predicted molar refractivity (Wildman–Crippen MR) is 71.5 cm³/mol. The molecule has 0 bridgehead atoms. The fraction of sp³-hybridized carbons (Fsp3) is 0.538. The van der Waals surface area contributed by atoms with Gasteiger partial charge in [0.05, 0.1) is 0 Å². The van der Waals surface area contributed by atoms with E-state index in [1.807, 2.05) is 29.1 Å². The molecule has 1 aromatic rings. The third kappa shape index (κ3) is 6.05. The quantitative estimate of drug-likeness (QED) is 0.570. The Hall–Kier alpha value is -1.82. The minimum atomic E-state index is -0.994. The van der Waals surface area contributed by atoms with Gasteiger partial charge in [0.2, 0.25) is 5.91 Å². The highest BCUT2D eigenvalue weighted by Gasteiger charge is 2.18. The maximum absolute atomic E-state index is 11.7. The highest BCUT2D eigenvalue weighted by molar-refractivity contribution is 5.83. The topological polar surface area (TPSA) is 97.4 Å². The van der Waals surface area contributed by atoms with Crippen LogP contribution in [0, 0.1) is 0 Å². The molecule has 1 heterocycles. The summed E-state index contributed by atoms with van der Waals surface area (Å²) in [5.74, 6) is -1.24. The Bertz CT molecular complexity index is 390. The van der Waals surface area contributed by atoms with Gasteiger partial charge in [0.15, 0.2) is 0 Å². The second-order valence-corrected chi connectivity index (χ2v) is 4.41. The molecule has 4 N–H and O–H groups in total. The van der Waals surface area contributed by atoms with Crippen molar-refractivity contribution in [2.45, 2.75) is 38.3 Å². The van der Waals surface area contributed by atoms with E-state index < -0.39 is 12.0 Å². The third-order valence-electron chi connectivity index (χ3n) is 2.84. The highest BCUT2D eigenvalue weighted by atomic mass is 16.4. The molecule has 1 rings (SSSR count). The maximum Gasteiger partial charge on any atom is 0.326 e. The molecule has 0 saturated carbocycles. The first-order valence-electron chi connectivity index (χ1n) is 6.46. The van der Waals surface area contributed by atoms with Crippen molar-refractivity contribution in [2.24, 2.45) is 5.73 Å².